The summed E-state index contributed by atoms with van der Waals surface area (Å²) in [6.45, 7) is 10.0. The number of hydrogen-bond acceptors (Lipinski definition) is 2. The molecule has 2 fully saturated rings. The molecule has 2 saturated carbocycles. The first-order chi connectivity index (χ1) is 13.9. The van der Waals surface area contributed by atoms with E-state index in [9.17, 15) is 4.79 Å². The number of carbonyl (C=O) groups excluding carboxylic acids is 1. The van der Waals surface area contributed by atoms with E-state index in [0.717, 1.165) is 25.2 Å². The summed E-state index contributed by atoms with van der Waals surface area (Å²) in [5, 5.41) is 9.92. The lowest BCUT2D eigenvalue weighted by Crippen LogP contribution is -2.50. The zero-order chi connectivity index (χ0) is 20.6. The predicted molar refractivity (Wildman–Crippen MR) is 119 cm³/mol. The fraction of sp³-hybridized carbons (Fsp3) is 0.680. The van der Waals surface area contributed by atoms with Crippen LogP contribution in [0.1, 0.15) is 84.1 Å². The Hall–Kier alpha value is -1.84. The number of benzene rings is 1. The van der Waals surface area contributed by atoms with E-state index < -0.39 is 0 Å². The van der Waals surface area contributed by atoms with Gasteiger partial charge in [-0.05, 0) is 54.4 Å². The Kier molecular flexibility index (Phi) is 5.48. The van der Waals surface area contributed by atoms with Crippen LogP contribution in [-0.4, -0.2) is 29.3 Å². The average Bonchev–Trinajstić information content (AvgIpc) is 3.29. The number of rotatable bonds is 6. The van der Waals surface area contributed by atoms with Gasteiger partial charge in [-0.15, -0.1) is 0 Å². The van der Waals surface area contributed by atoms with Crippen LogP contribution >= 0.6 is 0 Å². The van der Waals surface area contributed by atoms with Crippen LogP contribution in [0.2, 0.25) is 0 Å². The molecule has 3 unspecified atom stereocenters. The van der Waals surface area contributed by atoms with E-state index in [1.165, 1.54) is 37.0 Å². The third kappa shape index (κ3) is 3.49. The Morgan fingerprint density at radius 3 is 2.59 bits per heavy atom. The highest BCUT2D eigenvalue weighted by atomic mass is 16.2. The van der Waals surface area contributed by atoms with Gasteiger partial charge in [0.1, 0.15) is 0 Å². The molecule has 0 saturated heterocycles. The van der Waals surface area contributed by atoms with Crippen molar-refractivity contribution >= 4 is 11.7 Å². The standard InChI is InChI=1S/C25H37N3O/c1-5-6-8-13-21-20(18-11-9-7-10-12-18)17-28(27-21)23(29)26-22-16-19-14-15-25(22,4)24(19,2)3/h7,9-12,19-20,22H,5-6,8,13-17H2,1-4H3,(H,26,29)/t19?,20?,22?,25-/m0/s1. The van der Waals surface area contributed by atoms with E-state index in [1.807, 2.05) is 0 Å². The fourth-order valence-corrected chi connectivity index (χ4v) is 6.08. The van der Waals surface area contributed by atoms with Crippen LogP contribution in [0.5, 0.6) is 0 Å². The summed E-state index contributed by atoms with van der Waals surface area (Å²) in [5.74, 6) is 0.951. The number of hydrazone groups is 1. The smallest absolute Gasteiger partial charge is 0.333 e. The highest BCUT2D eigenvalue weighted by Crippen LogP contribution is 2.65. The van der Waals surface area contributed by atoms with Gasteiger partial charge in [0.15, 0.2) is 0 Å². The van der Waals surface area contributed by atoms with E-state index in [1.54, 1.807) is 5.01 Å². The topological polar surface area (TPSA) is 44.7 Å². The summed E-state index contributed by atoms with van der Waals surface area (Å²) in [7, 11) is 0. The Labute approximate surface area is 176 Å². The van der Waals surface area contributed by atoms with Crippen LogP contribution < -0.4 is 5.32 Å². The first-order valence-corrected chi connectivity index (χ1v) is 11.6. The van der Waals surface area contributed by atoms with E-state index in [4.69, 9.17) is 5.10 Å². The van der Waals surface area contributed by atoms with Crippen molar-refractivity contribution in [1.29, 1.82) is 0 Å². The molecular weight excluding hydrogens is 358 g/mol. The van der Waals surface area contributed by atoms with Crippen LogP contribution in [-0.2, 0) is 0 Å². The average molecular weight is 396 g/mol. The third-order valence-corrected chi connectivity index (χ3v) is 8.57. The summed E-state index contributed by atoms with van der Waals surface area (Å²) in [5.41, 5.74) is 2.93. The molecule has 1 N–H and O–H groups in total. The Morgan fingerprint density at radius 2 is 1.97 bits per heavy atom. The quantitative estimate of drug-likeness (QED) is 0.595. The maximum absolute atomic E-state index is 13.2. The van der Waals surface area contributed by atoms with E-state index >= 15 is 0 Å². The second-order valence-corrected chi connectivity index (χ2v) is 10.2. The van der Waals surface area contributed by atoms with Crippen molar-refractivity contribution in [1.82, 2.24) is 10.3 Å². The molecule has 4 nitrogen and oxygen atoms in total. The second kappa shape index (κ2) is 7.77. The number of carbonyl (C=O) groups is 1. The molecule has 0 spiro atoms. The molecule has 0 radical (unpaired) electrons. The molecule has 2 amide bonds. The van der Waals surface area contributed by atoms with Gasteiger partial charge >= 0.3 is 6.03 Å². The lowest BCUT2D eigenvalue weighted by molar-refractivity contribution is 0.118. The van der Waals surface area contributed by atoms with Gasteiger partial charge in [0.05, 0.1) is 6.54 Å². The van der Waals surface area contributed by atoms with Crippen molar-refractivity contribution in [3.8, 4) is 0 Å². The van der Waals surface area contributed by atoms with Crippen LogP contribution in [0.3, 0.4) is 0 Å². The molecule has 1 heterocycles. The Morgan fingerprint density at radius 1 is 1.21 bits per heavy atom. The van der Waals surface area contributed by atoms with Crippen molar-refractivity contribution in [2.24, 2.45) is 21.8 Å². The minimum Gasteiger partial charge on any atom is -0.333 e. The van der Waals surface area contributed by atoms with Crippen LogP contribution in [0.15, 0.2) is 35.4 Å². The van der Waals surface area contributed by atoms with Crippen molar-refractivity contribution in [3.63, 3.8) is 0 Å². The van der Waals surface area contributed by atoms with Crippen molar-refractivity contribution < 1.29 is 4.79 Å². The second-order valence-electron chi connectivity index (χ2n) is 10.2. The summed E-state index contributed by atoms with van der Waals surface area (Å²) in [6.07, 6.45) is 8.16. The number of urea groups is 1. The molecule has 158 valence electrons. The maximum Gasteiger partial charge on any atom is 0.338 e. The maximum atomic E-state index is 13.2. The normalized spacial score (nSPS) is 32.5. The number of nitrogens with one attached hydrogen (secondary N) is 1. The highest BCUT2D eigenvalue weighted by molar-refractivity contribution is 5.94. The zero-order valence-electron chi connectivity index (χ0n) is 18.6. The van der Waals surface area contributed by atoms with Gasteiger partial charge in [-0.1, -0.05) is 70.9 Å². The number of nitrogens with zero attached hydrogens (tertiary/aromatic N) is 2. The van der Waals surface area contributed by atoms with E-state index in [0.29, 0.717) is 12.0 Å². The SMILES string of the molecule is CCCCCC1=NN(C(=O)NC2CC3CC[C@]2(C)C3(C)C)CC1c1ccccc1. The van der Waals surface area contributed by atoms with E-state index in [-0.39, 0.29) is 23.4 Å². The summed E-state index contributed by atoms with van der Waals surface area (Å²) in [6, 6.07) is 10.8. The van der Waals surface area contributed by atoms with Gasteiger partial charge in [0, 0.05) is 17.7 Å². The lowest BCUT2D eigenvalue weighted by atomic mass is 9.69. The highest BCUT2D eigenvalue weighted by Gasteiger charge is 2.61. The molecule has 2 bridgehead atoms. The van der Waals surface area contributed by atoms with Gasteiger partial charge in [0.25, 0.3) is 0 Å². The van der Waals surface area contributed by atoms with Gasteiger partial charge in [0.2, 0.25) is 0 Å². The number of unbranched alkanes of at least 4 members (excludes halogenated alkanes) is 2. The fourth-order valence-electron chi connectivity index (χ4n) is 6.08. The molecule has 4 rings (SSSR count). The van der Waals surface area contributed by atoms with E-state index in [2.05, 4.69) is 63.3 Å². The molecule has 4 atom stereocenters. The van der Waals surface area contributed by atoms with Gasteiger partial charge in [-0.3, -0.25) is 0 Å². The molecule has 1 aromatic carbocycles. The number of fused-ring (bicyclic) bond motifs is 2. The van der Waals surface area contributed by atoms with Crippen molar-refractivity contribution in [2.75, 3.05) is 6.54 Å². The third-order valence-electron chi connectivity index (χ3n) is 8.57. The molecule has 1 aliphatic heterocycles. The van der Waals surface area contributed by atoms with Crippen LogP contribution in [0.25, 0.3) is 0 Å². The summed E-state index contributed by atoms with van der Waals surface area (Å²) < 4.78 is 0. The van der Waals surface area contributed by atoms with Crippen LogP contribution in [0.4, 0.5) is 4.79 Å². The first kappa shape index (κ1) is 20.4. The van der Waals surface area contributed by atoms with Crippen LogP contribution in [0, 0.1) is 16.7 Å². The minimum absolute atomic E-state index is 0.00834. The zero-order valence-corrected chi connectivity index (χ0v) is 18.6. The van der Waals surface area contributed by atoms with Gasteiger partial charge in [-0.2, -0.15) is 5.10 Å². The van der Waals surface area contributed by atoms with Crippen molar-refractivity contribution in [3.05, 3.63) is 35.9 Å². The molecule has 3 aliphatic rings. The molecule has 29 heavy (non-hydrogen) atoms. The Balaban J connectivity index is 1.47. The molecule has 4 heteroatoms. The monoisotopic (exact) mass is 395 g/mol. The predicted octanol–water partition coefficient (Wildman–Crippen LogP) is 5.95. The van der Waals surface area contributed by atoms with Crippen molar-refractivity contribution in [2.45, 2.75) is 84.6 Å². The lowest BCUT2D eigenvalue weighted by Gasteiger charge is -2.39. The first-order valence-electron chi connectivity index (χ1n) is 11.6. The summed E-state index contributed by atoms with van der Waals surface area (Å²) in [4.78, 5) is 13.2. The minimum atomic E-state index is -0.00834. The van der Waals surface area contributed by atoms with Gasteiger partial charge < -0.3 is 5.32 Å². The van der Waals surface area contributed by atoms with Gasteiger partial charge in [-0.25, -0.2) is 9.80 Å². The largest absolute Gasteiger partial charge is 0.338 e. The molecular formula is C25H37N3O. The number of amides is 2. The molecule has 1 aromatic rings. The number of hydrogen-bond donors (Lipinski definition) is 1. The summed E-state index contributed by atoms with van der Waals surface area (Å²) >= 11 is 0. The Bertz CT molecular complexity index is 772. The molecule has 0 aromatic heterocycles. The molecule has 2 aliphatic carbocycles.